The van der Waals surface area contributed by atoms with E-state index >= 15 is 0 Å². The van der Waals surface area contributed by atoms with Gasteiger partial charge in [-0.25, -0.2) is 0 Å². The molecule has 1 amide bonds. The lowest BCUT2D eigenvalue weighted by Gasteiger charge is -2.19. The van der Waals surface area contributed by atoms with Gasteiger partial charge in [-0.1, -0.05) is 13.8 Å². The standard InChI is InChI=1S/C12H15N3O/c1-9(2)8-15(3)12(16)11-7-14-5-4-10(11)6-13/h4-5,7,9H,8H2,1-3H3. The summed E-state index contributed by atoms with van der Waals surface area (Å²) in [7, 11) is 1.73. The summed E-state index contributed by atoms with van der Waals surface area (Å²) >= 11 is 0. The predicted octanol–water partition coefficient (Wildman–Crippen LogP) is 1.68. The first-order valence-corrected chi connectivity index (χ1v) is 5.15. The smallest absolute Gasteiger partial charge is 0.256 e. The Morgan fingerprint density at radius 3 is 2.88 bits per heavy atom. The summed E-state index contributed by atoms with van der Waals surface area (Å²) < 4.78 is 0. The van der Waals surface area contributed by atoms with Crippen LogP contribution in [0.1, 0.15) is 29.8 Å². The van der Waals surface area contributed by atoms with Crippen LogP contribution in [-0.2, 0) is 0 Å². The SMILES string of the molecule is CC(C)CN(C)C(=O)c1cnccc1C#N. The van der Waals surface area contributed by atoms with Crippen molar-refractivity contribution in [3.8, 4) is 6.07 Å². The second-order valence-corrected chi connectivity index (χ2v) is 4.11. The lowest BCUT2D eigenvalue weighted by atomic mass is 10.1. The molecule has 0 atom stereocenters. The van der Waals surface area contributed by atoms with Crippen LogP contribution in [0.3, 0.4) is 0 Å². The number of hydrogen-bond acceptors (Lipinski definition) is 3. The molecule has 0 aromatic carbocycles. The second kappa shape index (κ2) is 5.26. The molecule has 0 aliphatic carbocycles. The van der Waals surface area contributed by atoms with E-state index in [2.05, 4.69) is 4.98 Å². The number of carbonyl (C=O) groups is 1. The first kappa shape index (κ1) is 12.2. The molecule has 0 saturated heterocycles. The zero-order chi connectivity index (χ0) is 12.1. The van der Waals surface area contributed by atoms with Gasteiger partial charge >= 0.3 is 0 Å². The van der Waals surface area contributed by atoms with Crippen molar-refractivity contribution in [2.75, 3.05) is 13.6 Å². The largest absolute Gasteiger partial charge is 0.341 e. The van der Waals surface area contributed by atoms with Crippen molar-refractivity contribution < 1.29 is 4.79 Å². The Morgan fingerprint density at radius 2 is 2.31 bits per heavy atom. The third-order valence-corrected chi connectivity index (χ3v) is 2.16. The van der Waals surface area contributed by atoms with Gasteiger partial charge in [-0.2, -0.15) is 5.26 Å². The van der Waals surface area contributed by atoms with Crippen molar-refractivity contribution >= 4 is 5.91 Å². The highest BCUT2D eigenvalue weighted by Gasteiger charge is 2.16. The molecule has 1 aromatic rings. The van der Waals surface area contributed by atoms with E-state index in [0.717, 1.165) is 0 Å². The number of pyridine rings is 1. The molecule has 0 bridgehead atoms. The molecule has 0 radical (unpaired) electrons. The van der Waals surface area contributed by atoms with E-state index in [-0.39, 0.29) is 5.91 Å². The Labute approximate surface area is 95.5 Å². The van der Waals surface area contributed by atoms with E-state index in [1.807, 2.05) is 19.9 Å². The maximum Gasteiger partial charge on any atom is 0.256 e. The Balaban J connectivity index is 2.93. The fourth-order valence-electron chi connectivity index (χ4n) is 1.50. The van der Waals surface area contributed by atoms with Gasteiger partial charge < -0.3 is 4.90 Å². The van der Waals surface area contributed by atoms with Crippen LogP contribution in [-0.4, -0.2) is 29.4 Å². The molecule has 0 unspecified atom stereocenters. The maximum absolute atomic E-state index is 12.0. The fourth-order valence-corrected chi connectivity index (χ4v) is 1.50. The molecule has 84 valence electrons. The average Bonchev–Trinajstić information content (AvgIpc) is 2.27. The molecule has 1 rings (SSSR count). The summed E-state index contributed by atoms with van der Waals surface area (Å²) in [6, 6.07) is 3.55. The highest BCUT2D eigenvalue weighted by atomic mass is 16.2. The van der Waals surface area contributed by atoms with E-state index in [4.69, 9.17) is 5.26 Å². The molecule has 0 fully saturated rings. The summed E-state index contributed by atoms with van der Waals surface area (Å²) in [5.41, 5.74) is 0.740. The number of nitriles is 1. The average molecular weight is 217 g/mol. The minimum Gasteiger partial charge on any atom is -0.341 e. The van der Waals surface area contributed by atoms with Crippen LogP contribution >= 0.6 is 0 Å². The van der Waals surface area contributed by atoms with Crippen LogP contribution in [0.5, 0.6) is 0 Å². The second-order valence-electron chi connectivity index (χ2n) is 4.11. The van der Waals surface area contributed by atoms with Crippen molar-refractivity contribution in [1.29, 1.82) is 5.26 Å². The molecule has 4 heteroatoms. The van der Waals surface area contributed by atoms with E-state index in [1.165, 1.54) is 12.4 Å². The summed E-state index contributed by atoms with van der Waals surface area (Å²) in [5.74, 6) is 0.245. The van der Waals surface area contributed by atoms with Crippen molar-refractivity contribution in [2.24, 2.45) is 5.92 Å². The minimum atomic E-state index is -0.154. The van der Waals surface area contributed by atoms with Gasteiger partial charge in [-0.05, 0) is 12.0 Å². The van der Waals surface area contributed by atoms with E-state index < -0.39 is 0 Å². The van der Waals surface area contributed by atoms with Crippen molar-refractivity contribution in [1.82, 2.24) is 9.88 Å². The molecule has 0 spiro atoms. The Bertz CT molecular complexity index is 421. The van der Waals surface area contributed by atoms with Gasteiger partial charge in [0.2, 0.25) is 0 Å². The fraction of sp³-hybridized carbons (Fsp3) is 0.417. The highest BCUT2D eigenvalue weighted by Crippen LogP contribution is 2.09. The summed E-state index contributed by atoms with van der Waals surface area (Å²) in [4.78, 5) is 17.5. The zero-order valence-corrected chi connectivity index (χ0v) is 9.77. The Kier molecular flexibility index (Phi) is 4.01. The van der Waals surface area contributed by atoms with Gasteiger partial charge in [0, 0.05) is 26.0 Å². The number of amides is 1. The molecular weight excluding hydrogens is 202 g/mol. The lowest BCUT2D eigenvalue weighted by molar-refractivity contribution is 0.0778. The van der Waals surface area contributed by atoms with Gasteiger partial charge in [-0.3, -0.25) is 9.78 Å². The number of hydrogen-bond donors (Lipinski definition) is 0. The lowest BCUT2D eigenvalue weighted by Crippen LogP contribution is -2.30. The minimum absolute atomic E-state index is 0.154. The zero-order valence-electron chi connectivity index (χ0n) is 9.77. The van der Waals surface area contributed by atoms with Gasteiger partial charge in [0.25, 0.3) is 5.91 Å². The molecular formula is C12H15N3O. The number of rotatable bonds is 3. The van der Waals surface area contributed by atoms with Gasteiger partial charge in [-0.15, -0.1) is 0 Å². The van der Waals surface area contributed by atoms with Crippen LogP contribution < -0.4 is 0 Å². The van der Waals surface area contributed by atoms with E-state index in [9.17, 15) is 4.79 Å². The Hall–Kier alpha value is -1.89. The van der Waals surface area contributed by atoms with Crippen LogP contribution in [0.4, 0.5) is 0 Å². The first-order chi connectivity index (χ1) is 7.56. The molecule has 0 saturated carbocycles. The quantitative estimate of drug-likeness (QED) is 0.774. The molecule has 1 heterocycles. The van der Waals surface area contributed by atoms with Crippen molar-refractivity contribution in [2.45, 2.75) is 13.8 Å². The number of nitrogens with zero attached hydrogens (tertiary/aromatic N) is 3. The Morgan fingerprint density at radius 1 is 1.62 bits per heavy atom. The molecule has 0 aliphatic heterocycles. The summed E-state index contributed by atoms with van der Waals surface area (Å²) in [6.07, 6.45) is 2.95. The molecule has 1 aromatic heterocycles. The predicted molar refractivity (Wildman–Crippen MR) is 60.8 cm³/mol. The van der Waals surface area contributed by atoms with Gasteiger partial charge in [0.05, 0.1) is 11.1 Å². The summed E-state index contributed by atoms with van der Waals surface area (Å²) in [6.45, 7) is 4.75. The third-order valence-electron chi connectivity index (χ3n) is 2.16. The van der Waals surface area contributed by atoms with Gasteiger partial charge in [0.1, 0.15) is 6.07 Å². The number of aromatic nitrogens is 1. The maximum atomic E-state index is 12.0. The van der Waals surface area contributed by atoms with Crippen molar-refractivity contribution in [3.63, 3.8) is 0 Å². The third kappa shape index (κ3) is 2.80. The van der Waals surface area contributed by atoms with E-state index in [0.29, 0.717) is 23.6 Å². The topological polar surface area (TPSA) is 57.0 Å². The monoisotopic (exact) mass is 217 g/mol. The van der Waals surface area contributed by atoms with Crippen LogP contribution in [0.15, 0.2) is 18.5 Å². The molecule has 0 aliphatic rings. The summed E-state index contributed by atoms with van der Waals surface area (Å²) in [5, 5.41) is 8.88. The molecule has 4 nitrogen and oxygen atoms in total. The highest BCUT2D eigenvalue weighted by molar-refractivity contribution is 5.96. The van der Waals surface area contributed by atoms with Crippen LogP contribution in [0.2, 0.25) is 0 Å². The van der Waals surface area contributed by atoms with Crippen LogP contribution in [0, 0.1) is 17.2 Å². The molecule has 16 heavy (non-hydrogen) atoms. The van der Waals surface area contributed by atoms with E-state index in [1.54, 1.807) is 18.0 Å². The first-order valence-electron chi connectivity index (χ1n) is 5.15. The van der Waals surface area contributed by atoms with Crippen LogP contribution in [0.25, 0.3) is 0 Å². The van der Waals surface area contributed by atoms with Crippen molar-refractivity contribution in [3.05, 3.63) is 29.6 Å². The van der Waals surface area contributed by atoms with Gasteiger partial charge in [0.15, 0.2) is 0 Å². The molecule has 0 N–H and O–H groups in total. The normalized spacial score (nSPS) is 9.94. The number of carbonyl (C=O) groups excluding carboxylic acids is 1.